The summed E-state index contributed by atoms with van der Waals surface area (Å²) in [5, 5.41) is 12.8. The molecule has 34 heavy (non-hydrogen) atoms. The van der Waals surface area contributed by atoms with Gasteiger partial charge in [-0.2, -0.15) is 0 Å². The number of aromatic nitrogens is 4. The van der Waals surface area contributed by atoms with E-state index < -0.39 is 0 Å². The van der Waals surface area contributed by atoms with E-state index in [1.807, 2.05) is 25.2 Å². The SMILES string of the molecule is Cn1c(-c2ccc(N3CCNCC3)cc2)c(-c2cccc(-c3cnon3)c2)c2c(Cl)ccnc21. The van der Waals surface area contributed by atoms with Gasteiger partial charge >= 0.3 is 0 Å². The van der Waals surface area contributed by atoms with Crippen LogP contribution in [0.3, 0.4) is 0 Å². The average Bonchev–Trinajstić information content (AvgIpc) is 3.53. The van der Waals surface area contributed by atoms with E-state index in [-0.39, 0.29) is 0 Å². The molecule has 3 aromatic heterocycles. The Morgan fingerprint density at radius 2 is 1.76 bits per heavy atom. The molecule has 0 unspecified atom stereocenters. The Labute approximate surface area is 201 Å². The van der Waals surface area contributed by atoms with E-state index >= 15 is 0 Å². The topological polar surface area (TPSA) is 72.0 Å². The Hall–Kier alpha value is -3.68. The van der Waals surface area contributed by atoms with Crippen LogP contribution in [-0.2, 0) is 7.05 Å². The van der Waals surface area contributed by atoms with Gasteiger partial charge in [-0.15, -0.1) is 0 Å². The van der Waals surface area contributed by atoms with Crippen LogP contribution in [0.4, 0.5) is 5.69 Å². The summed E-state index contributed by atoms with van der Waals surface area (Å²) in [6.07, 6.45) is 3.37. The van der Waals surface area contributed by atoms with Crippen molar-refractivity contribution in [3.63, 3.8) is 0 Å². The molecule has 1 aliphatic heterocycles. The van der Waals surface area contributed by atoms with Gasteiger partial charge in [0.1, 0.15) is 11.3 Å². The maximum absolute atomic E-state index is 6.75. The molecule has 6 rings (SSSR count). The molecule has 0 bridgehead atoms. The molecule has 1 N–H and O–H groups in total. The van der Waals surface area contributed by atoms with Crippen molar-refractivity contribution < 1.29 is 4.63 Å². The highest BCUT2D eigenvalue weighted by Gasteiger charge is 2.22. The van der Waals surface area contributed by atoms with E-state index in [1.165, 1.54) is 5.69 Å². The zero-order valence-corrected chi connectivity index (χ0v) is 19.5. The third-order valence-corrected chi connectivity index (χ3v) is 6.77. The third-order valence-electron chi connectivity index (χ3n) is 6.45. The fraction of sp³-hybridized carbons (Fsp3) is 0.192. The summed E-state index contributed by atoms with van der Waals surface area (Å²) in [5.41, 5.74) is 7.95. The molecule has 2 aromatic carbocycles. The number of halogens is 1. The fourth-order valence-corrected chi connectivity index (χ4v) is 5.04. The quantitative estimate of drug-likeness (QED) is 0.397. The number of anilines is 1. The Balaban J connectivity index is 1.53. The van der Waals surface area contributed by atoms with E-state index in [2.05, 4.69) is 66.5 Å². The first kappa shape index (κ1) is 20.9. The first-order valence-electron chi connectivity index (χ1n) is 11.3. The minimum atomic E-state index is 0.674. The predicted octanol–water partition coefficient (Wildman–Crippen LogP) is 5.02. The number of piperazine rings is 1. The van der Waals surface area contributed by atoms with Gasteiger partial charge in [0.2, 0.25) is 0 Å². The number of nitrogens with one attached hydrogen (secondary N) is 1. The van der Waals surface area contributed by atoms with Crippen LogP contribution in [0.2, 0.25) is 5.02 Å². The molecule has 8 heteroatoms. The van der Waals surface area contributed by atoms with E-state index in [9.17, 15) is 0 Å². The minimum Gasteiger partial charge on any atom is -0.369 e. The molecule has 7 nitrogen and oxygen atoms in total. The second-order valence-corrected chi connectivity index (χ2v) is 8.84. The molecule has 0 radical (unpaired) electrons. The lowest BCUT2D eigenvalue weighted by atomic mass is 9.96. The van der Waals surface area contributed by atoms with Crippen molar-refractivity contribution in [1.29, 1.82) is 0 Å². The first-order valence-corrected chi connectivity index (χ1v) is 11.7. The lowest BCUT2D eigenvalue weighted by molar-refractivity contribution is 0.308. The summed E-state index contributed by atoms with van der Waals surface area (Å²) in [4.78, 5) is 7.08. The number of pyridine rings is 1. The van der Waals surface area contributed by atoms with Gasteiger partial charge in [0, 0.05) is 61.6 Å². The minimum absolute atomic E-state index is 0.674. The molecule has 1 aliphatic rings. The van der Waals surface area contributed by atoms with Gasteiger partial charge in [-0.25, -0.2) is 9.61 Å². The molecule has 0 atom stereocenters. The zero-order chi connectivity index (χ0) is 23.1. The average molecular weight is 471 g/mol. The van der Waals surface area contributed by atoms with Crippen molar-refractivity contribution in [1.82, 2.24) is 25.2 Å². The standard InChI is InChI=1S/C26H23ClN6O/c1-32-25(17-5-7-20(8-6-17)33-13-11-28-12-14-33)23(24-21(27)9-10-29-26(24)32)19-4-2-3-18(15-19)22-16-30-34-31-22/h2-10,15-16,28H,11-14H2,1H3. The Bertz CT molecular complexity index is 1450. The Kier molecular flexibility index (Phi) is 5.28. The van der Waals surface area contributed by atoms with Crippen molar-refractivity contribution in [3.05, 3.63) is 72.0 Å². The normalized spacial score (nSPS) is 14.1. The summed E-state index contributed by atoms with van der Waals surface area (Å²) in [5.74, 6) is 0. The predicted molar refractivity (Wildman–Crippen MR) is 135 cm³/mol. The van der Waals surface area contributed by atoms with Gasteiger partial charge in [-0.3, -0.25) is 0 Å². The highest BCUT2D eigenvalue weighted by molar-refractivity contribution is 6.37. The molecule has 170 valence electrons. The molecule has 0 saturated carbocycles. The molecule has 1 saturated heterocycles. The first-order chi connectivity index (χ1) is 16.7. The number of aryl methyl sites for hydroxylation is 1. The van der Waals surface area contributed by atoms with Gasteiger partial charge < -0.3 is 14.8 Å². The fourth-order valence-electron chi connectivity index (χ4n) is 4.80. The molecule has 5 aromatic rings. The van der Waals surface area contributed by atoms with Crippen LogP contribution in [0.25, 0.3) is 44.7 Å². The van der Waals surface area contributed by atoms with Crippen LogP contribution < -0.4 is 10.2 Å². The Morgan fingerprint density at radius 3 is 2.53 bits per heavy atom. The second kappa shape index (κ2) is 8.59. The van der Waals surface area contributed by atoms with Crippen LogP contribution >= 0.6 is 11.6 Å². The number of hydrogen-bond donors (Lipinski definition) is 1. The molecular weight excluding hydrogens is 448 g/mol. The number of benzene rings is 2. The number of rotatable bonds is 4. The van der Waals surface area contributed by atoms with Crippen molar-refractivity contribution in [2.24, 2.45) is 7.05 Å². The van der Waals surface area contributed by atoms with Gasteiger partial charge in [-0.05, 0) is 40.5 Å². The summed E-state index contributed by atoms with van der Waals surface area (Å²) < 4.78 is 6.94. The van der Waals surface area contributed by atoms with Crippen molar-refractivity contribution >= 4 is 28.3 Å². The smallest absolute Gasteiger partial charge is 0.142 e. The highest BCUT2D eigenvalue weighted by Crippen LogP contribution is 2.43. The van der Waals surface area contributed by atoms with E-state index in [0.717, 1.165) is 65.2 Å². The van der Waals surface area contributed by atoms with E-state index in [0.29, 0.717) is 10.7 Å². The van der Waals surface area contributed by atoms with Gasteiger partial charge in [0.05, 0.1) is 16.9 Å². The zero-order valence-electron chi connectivity index (χ0n) is 18.7. The number of fused-ring (bicyclic) bond motifs is 1. The van der Waals surface area contributed by atoms with Crippen LogP contribution in [0, 0.1) is 0 Å². The monoisotopic (exact) mass is 470 g/mol. The lowest BCUT2D eigenvalue weighted by Crippen LogP contribution is -2.43. The molecule has 0 spiro atoms. The molecule has 4 heterocycles. The molecular formula is C26H23ClN6O. The van der Waals surface area contributed by atoms with E-state index in [1.54, 1.807) is 12.4 Å². The highest BCUT2D eigenvalue weighted by atomic mass is 35.5. The molecule has 0 amide bonds. The van der Waals surface area contributed by atoms with Crippen molar-refractivity contribution in [2.45, 2.75) is 0 Å². The van der Waals surface area contributed by atoms with Crippen LogP contribution in [0.15, 0.2) is 71.6 Å². The van der Waals surface area contributed by atoms with Gasteiger partial charge in [-0.1, -0.05) is 47.1 Å². The van der Waals surface area contributed by atoms with Crippen molar-refractivity contribution in [2.75, 3.05) is 31.1 Å². The summed E-state index contributed by atoms with van der Waals surface area (Å²) >= 11 is 6.75. The van der Waals surface area contributed by atoms with Crippen LogP contribution in [0.1, 0.15) is 0 Å². The largest absolute Gasteiger partial charge is 0.369 e. The maximum atomic E-state index is 6.75. The molecule has 0 aliphatic carbocycles. The summed E-state index contributed by atoms with van der Waals surface area (Å²) in [6, 6.07) is 18.8. The maximum Gasteiger partial charge on any atom is 0.142 e. The number of nitrogens with zero attached hydrogens (tertiary/aromatic N) is 5. The van der Waals surface area contributed by atoms with Crippen LogP contribution in [-0.4, -0.2) is 46.0 Å². The number of hydrogen-bond acceptors (Lipinski definition) is 6. The third kappa shape index (κ3) is 3.54. The van der Waals surface area contributed by atoms with Gasteiger partial charge in [0.15, 0.2) is 0 Å². The van der Waals surface area contributed by atoms with Crippen LogP contribution in [0.5, 0.6) is 0 Å². The summed E-state index contributed by atoms with van der Waals surface area (Å²) in [7, 11) is 2.04. The van der Waals surface area contributed by atoms with Gasteiger partial charge in [0.25, 0.3) is 0 Å². The Morgan fingerprint density at radius 1 is 0.971 bits per heavy atom. The van der Waals surface area contributed by atoms with Crippen molar-refractivity contribution in [3.8, 4) is 33.6 Å². The van der Waals surface area contributed by atoms with E-state index in [4.69, 9.17) is 16.2 Å². The lowest BCUT2D eigenvalue weighted by Gasteiger charge is -2.29. The summed E-state index contributed by atoms with van der Waals surface area (Å²) in [6.45, 7) is 4.05. The second-order valence-electron chi connectivity index (χ2n) is 8.43. The molecule has 1 fully saturated rings.